The van der Waals surface area contributed by atoms with Gasteiger partial charge in [-0.1, -0.05) is 39.5 Å². The van der Waals surface area contributed by atoms with Crippen molar-refractivity contribution >= 4 is 0 Å². The van der Waals surface area contributed by atoms with E-state index >= 15 is 0 Å². The molecule has 1 nitrogen and oxygen atoms in total. The molecule has 1 N–H and O–H groups in total. The van der Waals surface area contributed by atoms with E-state index in [1.807, 2.05) is 0 Å². The second-order valence-electron chi connectivity index (χ2n) is 7.29. The normalized spacial score (nSPS) is 33.7. The van der Waals surface area contributed by atoms with Crippen molar-refractivity contribution < 1.29 is 46.5 Å². The van der Waals surface area contributed by atoms with Gasteiger partial charge in [-0.05, 0) is 37.0 Å². The molecule has 5 rings (SSSR count). The fourth-order valence-electron chi connectivity index (χ4n) is 5.05. The van der Waals surface area contributed by atoms with Crippen molar-refractivity contribution in [3.63, 3.8) is 0 Å². The molecule has 4 fully saturated rings. The maximum absolute atomic E-state index is 8.21. The fourth-order valence-corrected chi connectivity index (χ4v) is 5.05. The zero-order chi connectivity index (χ0) is 13.5. The molecule has 22 heavy (non-hydrogen) atoms. The molecule has 122 valence electrons. The first-order chi connectivity index (χ1) is 9.08. The van der Waals surface area contributed by atoms with Crippen LogP contribution in [0.2, 0.25) is 0 Å². The molecule has 4 aliphatic rings. The van der Waals surface area contributed by atoms with E-state index in [-0.39, 0.29) is 52.1 Å². The van der Waals surface area contributed by atoms with Crippen molar-refractivity contribution in [1.82, 2.24) is 0 Å². The van der Waals surface area contributed by atoms with Crippen LogP contribution >= 0.6 is 0 Å². The summed E-state index contributed by atoms with van der Waals surface area (Å²) in [7, 11) is 0. The van der Waals surface area contributed by atoms with Crippen LogP contribution in [0.15, 0.2) is 18.2 Å². The molecule has 4 bridgehead atoms. The molecule has 0 amide bonds. The van der Waals surface area contributed by atoms with E-state index in [4.69, 9.17) is 5.73 Å². The summed E-state index contributed by atoms with van der Waals surface area (Å²) in [5.41, 5.74) is 11.2. The van der Waals surface area contributed by atoms with E-state index in [9.17, 15) is 0 Å². The van der Waals surface area contributed by atoms with E-state index < -0.39 is 0 Å². The summed E-state index contributed by atoms with van der Waals surface area (Å²) in [6, 6.07) is 6.43. The predicted octanol–water partition coefficient (Wildman–Crippen LogP) is -0.711. The smallest absolute Gasteiger partial charge is 1.00 e. The molecule has 0 radical (unpaired) electrons. The zero-order valence-electron chi connectivity index (χ0n) is 13.7. The number of hydrogen-bond donors (Lipinski definition) is 0. The molecule has 1 aromatic rings. The zero-order valence-corrected chi connectivity index (χ0v) is 16.7. The average molecular weight is 376 g/mol. The third kappa shape index (κ3) is 5.05. The molecule has 0 saturated heterocycles. The molecule has 0 aliphatic heterocycles. The molecule has 0 aromatic heterocycles. The van der Waals surface area contributed by atoms with Crippen LogP contribution in [0.25, 0.3) is 5.73 Å². The largest absolute Gasteiger partial charge is 4.00 e. The molecular weight excluding hydrogens is 349 g/mol. The van der Waals surface area contributed by atoms with Gasteiger partial charge in [0.05, 0.1) is 0 Å². The van der Waals surface area contributed by atoms with Gasteiger partial charge >= 0.3 is 21.7 Å². The van der Waals surface area contributed by atoms with Crippen molar-refractivity contribution in [3.8, 4) is 0 Å². The molecule has 4 aliphatic carbocycles. The Bertz CT molecular complexity index is 409. The Morgan fingerprint density at radius 2 is 1.50 bits per heavy atom. The maximum Gasteiger partial charge on any atom is 4.00 e. The topological polar surface area (TPSA) is 23.8 Å². The van der Waals surface area contributed by atoms with E-state index in [0.29, 0.717) is 0 Å². The summed E-state index contributed by atoms with van der Waals surface area (Å²) in [5.74, 6) is 2.87. The van der Waals surface area contributed by atoms with Gasteiger partial charge in [-0.3, -0.25) is 0 Å². The number of nitrogens with one attached hydrogen (secondary N) is 1. The Morgan fingerprint density at radius 3 is 1.73 bits per heavy atom. The fraction of sp³-hybridized carbons (Fsp3) is 0.722. The van der Waals surface area contributed by atoms with Crippen molar-refractivity contribution in [2.45, 2.75) is 64.3 Å². The standard InChI is InChI=1S/C10H16N.C8H11.2ClH.Ti/c11-10-4-7-1-8(5-10)3-9(2-7)6-10;1-3-8-6-4-5-7(8)2;;;/h7-9,11H,1-6H2;4-6H,3H2,1-2H3;2*1H;/q2*-1;;;+4/p-2. The van der Waals surface area contributed by atoms with Gasteiger partial charge in [0.15, 0.2) is 0 Å². The predicted molar refractivity (Wildman–Crippen MR) is 81.4 cm³/mol. The van der Waals surface area contributed by atoms with Crippen molar-refractivity contribution in [1.29, 1.82) is 0 Å². The molecule has 0 spiro atoms. The van der Waals surface area contributed by atoms with Crippen LogP contribution in [0, 0.1) is 24.7 Å². The van der Waals surface area contributed by atoms with Crippen molar-refractivity contribution in [2.75, 3.05) is 0 Å². The maximum atomic E-state index is 8.21. The Balaban J connectivity index is 0.000000368. The molecule has 0 unspecified atom stereocenters. The van der Waals surface area contributed by atoms with Crippen LogP contribution in [0.3, 0.4) is 0 Å². The minimum Gasteiger partial charge on any atom is -1.00 e. The Kier molecular flexibility index (Phi) is 9.43. The summed E-state index contributed by atoms with van der Waals surface area (Å²) in [6.07, 6.45) is 9.28. The van der Waals surface area contributed by atoms with Gasteiger partial charge in [0.25, 0.3) is 0 Å². The van der Waals surface area contributed by atoms with Gasteiger partial charge in [0.1, 0.15) is 0 Å². The van der Waals surface area contributed by atoms with Gasteiger partial charge in [-0.2, -0.15) is 29.3 Å². The summed E-state index contributed by atoms with van der Waals surface area (Å²) in [6.45, 7) is 4.33. The number of aryl methyl sites for hydroxylation is 2. The van der Waals surface area contributed by atoms with Crippen LogP contribution < -0.4 is 24.8 Å². The van der Waals surface area contributed by atoms with Crippen LogP contribution in [-0.2, 0) is 28.1 Å². The molecule has 4 saturated carbocycles. The minimum atomic E-state index is 0. The Labute approximate surface area is 163 Å². The van der Waals surface area contributed by atoms with Crippen LogP contribution in [0.1, 0.15) is 56.6 Å². The van der Waals surface area contributed by atoms with Gasteiger partial charge < -0.3 is 30.5 Å². The first kappa shape index (κ1) is 22.6. The first-order valence-corrected chi connectivity index (χ1v) is 8.04. The van der Waals surface area contributed by atoms with Gasteiger partial charge in [0.2, 0.25) is 0 Å². The molecule has 1 aromatic carbocycles. The van der Waals surface area contributed by atoms with E-state index in [0.717, 1.165) is 17.8 Å². The monoisotopic (exact) mass is 375 g/mol. The number of hydrogen-bond acceptors (Lipinski definition) is 0. The van der Waals surface area contributed by atoms with Crippen LogP contribution in [-0.4, -0.2) is 5.54 Å². The van der Waals surface area contributed by atoms with Crippen molar-refractivity contribution in [3.05, 3.63) is 35.1 Å². The SMILES string of the molecule is CCc1c[cH-]cc1C.[Cl-].[Cl-].[NH-]C12CC3CC(CC(C3)C1)C2.[Ti+4]. The quantitative estimate of drug-likeness (QED) is 0.457. The van der Waals surface area contributed by atoms with Crippen LogP contribution in [0.4, 0.5) is 0 Å². The van der Waals surface area contributed by atoms with Gasteiger partial charge in [0, 0.05) is 0 Å². The summed E-state index contributed by atoms with van der Waals surface area (Å²) in [5, 5.41) is 0. The van der Waals surface area contributed by atoms with E-state index in [2.05, 4.69) is 32.0 Å². The second-order valence-corrected chi connectivity index (χ2v) is 7.29. The second kappa shape index (κ2) is 9.18. The average Bonchev–Trinajstić information content (AvgIpc) is 2.72. The van der Waals surface area contributed by atoms with Crippen LogP contribution in [0.5, 0.6) is 0 Å². The van der Waals surface area contributed by atoms with Gasteiger partial charge in [-0.15, -0.1) is 5.54 Å². The van der Waals surface area contributed by atoms with Crippen molar-refractivity contribution in [2.24, 2.45) is 17.8 Å². The van der Waals surface area contributed by atoms with E-state index in [1.54, 1.807) is 0 Å². The third-order valence-electron chi connectivity index (χ3n) is 5.57. The van der Waals surface area contributed by atoms with Gasteiger partial charge in [-0.25, -0.2) is 0 Å². The molecule has 0 heterocycles. The van der Waals surface area contributed by atoms with E-state index in [1.165, 1.54) is 56.1 Å². The molecular formula is C18H27Cl2NTi. The molecule has 0 atom stereocenters. The third-order valence-corrected chi connectivity index (χ3v) is 5.57. The molecule has 4 heteroatoms. The number of rotatable bonds is 1. The number of halogens is 2. The Hall–Kier alpha value is 0.604. The minimum absolute atomic E-state index is 0. The first-order valence-electron chi connectivity index (χ1n) is 8.04. The summed E-state index contributed by atoms with van der Waals surface area (Å²) >= 11 is 0. The summed E-state index contributed by atoms with van der Waals surface area (Å²) < 4.78 is 0. The Morgan fingerprint density at radius 1 is 1.05 bits per heavy atom. The summed E-state index contributed by atoms with van der Waals surface area (Å²) in [4.78, 5) is 0.